The minimum Gasteiger partial charge on any atom is -0.481 e. The molecule has 0 amide bonds. The van der Waals surface area contributed by atoms with E-state index in [0.717, 1.165) is 12.1 Å². The van der Waals surface area contributed by atoms with E-state index in [1.165, 1.54) is 12.1 Å². The van der Waals surface area contributed by atoms with E-state index >= 15 is 0 Å². The van der Waals surface area contributed by atoms with Gasteiger partial charge in [-0.25, -0.2) is 13.6 Å². The number of nitrogens with one attached hydrogen (secondary N) is 1. The first-order valence-corrected chi connectivity index (χ1v) is 8.31. The minimum absolute atomic E-state index is 0.0282. The zero-order chi connectivity index (χ0) is 16.0. The Morgan fingerprint density at radius 1 is 1.29 bits per heavy atom. The summed E-state index contributed by atoms with van der Waals surface area (Å²) in [7, 11) is -3.69. The number of sulfonamides is 1. The number of primary sulfonamides is 1. The van der Waals surface area contributed by atoms with Crippen LogP contribution in [0, 0.1) is 11.8 Å². The Morgan fingerprint density at radius 3 is 2.29 bits per heavy atom. The summed E-state index contributed by atoms with van der Waals surface area (Å²) in [5.41, 5.74) is 0.738. The lowest BCUT2D eigenvalue weighted by Gasteiger charge is -2.18. The van der Waals surface area contributed by atoms with Gasteiger partial charge in [0.2, 0.25) is 10.0 Å². The number of hydrogen-bond donors (Lipinski definition) is 3. The SMILES string of the molecule is CC(C)CC(CNc1ccc(S(N)(=O)=O)cc1)CC(=O)O. The molecule has 0 radical (unpaired) electrons. The number of carboxylic acids is 1. The van der Waals surface area contributed by atoms with Crippen molar-refractivity contribution in [3.8, 4) is 0 Å². The number of carbonyl (C=O) groups is 1. The van der Waals surface area contributed by atoms with Gasteiger partial charge in [-0.2, -0.15) is 0 Å². The maximum absolute atomic E-state index is 11.1. The molecule has 0 bridgehead atoms. The lowest BCUT2D eigenvalue weighted by atomic mass is 9.94. The molecule has 0 aliphatic carbocycles. The molecule has 0 fully saturated rings. The van der Waals surface area contributed by atoms with Crippen molar-refractivity contribution in [1.29, 1.82) is 0 Å². The number of hydrogen-bond acceptors (Lipinski definition) is 4. The van der Waals surface area contributed by atoms with Crippen LogP contribution in [0.15, 0.2) is 29.2 Å². The Labute approximate surface area is 125 Å². The van der Waals surface area contributed by atoms with Crippen molar-refractivity contribution >= 4 is 21.7 Å². The summed E-state index contributed by atoms with van der Waals surface area (Å²) in [5.74, 6) is -0.367. The molecule has 1 aromatic rings. The summed E-state index contributed by atoms with van der Waals surface area (Å²) in [6.45, 7) is 4.63. The second-order valence-electron chi connectivity index (χ2n) is 5.54. The summed E-state index contributed by atoms with van der Waals surface area (Å²) in [6.07, 6.45) is 0.926. The molecule has 0 saturated heterocycles. The Hall–Kier alpha value is -1.60. The third kappa shape index (κ3) is 6.59. The number of nitrogens with two attached hydrogens (primary N) is 1. The van der Waals surface area contributed by atoms with Crippen molar-refractivity contribution in [1.82, 2.24) is 0 Å². The normalized spacial score (nSPS) is 13.1. The first-order valence-electron chi connectivity index (χ1n) is 6.77. The standard InChI is InChI=1S/C14H22N2O4S/c1-10(2)7-11(8-14(17)18)9-16-12-3-5-13(6-4-12)21(15,19)20/h3-6,10-11,16H,7-9H2,1-2H3,(H,17,18)(H2,15,19,20). The van der Waals surface area contributed by atoms with Crippen LogP contribution in [0.3, 0.4) is 0 Å². The highest BCUT2D eigenvalue weighted by Gasteiger charge is 2.15. The topological polar surface area (TPSA) is 109 Å². The molecule has 0 aromatic heterocycles. The van der Waals surface area contributed by atoms with Gasteiger partial charge in [-0.05, 0) is 42.5 Å². The van der Waals surface area contributed by atoms with E-state index in [1.54, 1.807) is 12.1 Å². The predicted octanol–water partition coefficient (Wildman–Crippen LogP) is 1.88. The molecule has 1 atom stereocenters. The molecular formula is C14H22N2O4S. The summed E-state index contributed by atoms with van der Waals surface area (Å²) in [6, 6.07) is 6.08. The third-order valence-corrected chi connectivity index (χ3v) is 3.97. The fourth-order valence-electron chi connectivity index (χ4n) is 2.18. The maximum atomic E-state index is 11.1. The van der Waals surface area contributed by atoms with Crippen molar-refractivity contribution in [2.45, 2.75) is 31.6 Å². The molecule has 1 unspecified atom stereocenters. The minimum atomic E-state index is -3.69. The van der Waals surface area contributed by atoms with Crippen LogP contribution in [-0.4, -0.2) is 26.0 Å². The Balaban J connectivity index is 2.65. The van der Waals surface area contributed by atoms with Gasteiger partial charge in [0, 0.05) is 18.7 Å². The van der Waals surface area contributed by atoms with Crippen molar-refractivity contribution in [2.75, 3.05) is 11.9 Å². The summed E-state index contributed by atoms with van der Waals surface area (Å²) < 4.78 is 22.3. The van der Waals surface area contributed by atoms with Gasteiger partial charge in [0.15, 0.2) is 0 Å². The van der Waals surface area contributed by atoms with Gasteiger partial charge < -0.3 is 10.4 Å². The number of rotatable bonds is 8. The highest BCUT2D eigenvalue weighted by Crippen LogP contribution is 2.18. The van der Waals surface area contributed by atoms with E-state index in [4.69, 9.17) is 10.2 Å². The molecule has 21 heavy (non-hydrogen) atoms. The Bertz CT molecular complexity index is 567. The first-order chi connectivity index (χ1) is 9.68. The van der Waals surface area contributed by atoms with E-state index in [2.05, 4.69) is 19.2 Å². The summed E-state index contributed by atoms with van der Waals surface area (Å²) >= 11 is 0. The van der Waals surface area contributed by atoms with E-state index in [0.29, 0.717) is 12.5 Å². The van der Waals surface area contributed by atoms with Crippen LogP contribution in [0.2, 0.25) is 0 Å². The van der Waals surface area contributed by atoms with Gasteiger partial charge in [0.05, 0.1) is 4.90 Å². The smallest absolute Gasteiger partial charge is 0.303 e. The van der Waals surface area contributed by atoms with E-state index in [9.17, 15) is 13.2 Å². The number of benzene rings is 1. The van der Waals surface area contributed by atoms with Crippen LogP contribution >= 0.6 is 0 Å². The molecule has 118 valence electrons. The second-order valence-corrected chi connectivity index (χ2v) is 7.11. The van der Waals surface area contributed by atoms with Crippen LogP contribution < -0.4 is 10.5 Å². The van der Waals surface area contributed by atoms with Crippen LogP contribution in [0.1, 0.15) is 26.7 Å². The van der Waals surface area contributed by atoms with Gasteiger partial charge >= 0.3 is 5.97 Å². The fourth-order valence-corrected chi connectivity index (χ4v) is 2.69. The average Bonchev–Trinajstić information content (AvgIpc) is 2.34. The molecule has 6 nitrogen and oxygen atoms in total. The van der Waals surface area contributed by atoms with Crippen LogP contribution in [0.4, 0.5) is 5.69 Å². The van der Waals surface area contributed by atoms with E-state index in [-0.39, 0.29) is 17.2 Å². The molecule has 0 saturated carbocycles. The fraction of sp³-hybridized carbons (Fsp3) is 0.500. The number of aliphatic carboxylic acids is 1. The lowest BCUT2D eigenvalue weighted by Crippen LogP contribution is -2.19. The zero-order valence-electron chi connectivity index (χ0n) is 12.2. The van der Waals surface area contributed by atoms with E-state index < -0.39 is 16.0 Å². The van der Waals surface area contributed by atoms with E-state index in [1.807, 2.05) is 0 Å². The molecule has 0 aliphatic heterocycles. The van der Waals surface area contributed by atoms with Gasteiger partial charge in [0.25, 0.3) is 0 Å². The third-order valence-electron chi connectivity index (χ3n) is 3.05. The molecule has 0 aliphatic rings. The Kier molecular flexibility index (Phi) is 6.17. The van der Waals surface area contributed by atoms with Crippen molar-refractivity contribution < 1.29 is 18.3 Å². The molecule has 1 rings (SSSR count). The van der Waals surface area contributed by atoms with Gasteiger partial charge in [-0.3, -0.25) is 4.79 Å². The maximum Gasteiger partial charge on any atom is 0.303 e. The van der Waals surface area contributed by atoms with Crippen LogP contribution in [0.5, 0.6) is 0 Å². The quantitative estimate of drug-likeness (QED) is 0.678. The van der Waals surface area contributed by atoms with Gasteiger partial charge in [-0.15, -0.1) is 0 Å². The van der Waals surface area contributed by atoms with Crippen molar-refractivity contribution in [3.63, 3.8) is 0 Å². The monoisotopic (exact) mass is 314 g/mol. The predicted molar refractivity (Wildman–Crippen MR) is 81.5 cm³/mol. The van der Waals surface area contributed by atoms with Crippen molar-refractivity contribution in [2.24, 2.45) is 17.0 Å². The summed E-state index contributed by atoms with van der Waals surface area (Å²) in [5, 5.41) is 17.1. The second kappa shape index (κ2) is 7.42. The summed E-state index contributed by atoms with van der Waals surface area (Å²) in [4.78, 5) is 10.9. The number of anilines is 1. The highest BCUT2D eigenvalue weighted by molar-refractivity contribution is 7.89. The molecule has 1 aromatic carbocycles. The van der Waals surface area contributed by atoms with Gasteiger partial charge in [-0.1, -0.05) is 13.8 Å². The largest absolute Gasteiger partial charge is 0.481 e. The Morgan fingerprint density at radius 2 is 1.86 bits per heavy atom. The number of carboxylic acid groups (broad SMARTS) is 1. The molecular weight excluding hydrogens is 292 g/mol. The molecule has 4 N–H and O–H groups in total. The molecule has 0 spiro atoms. The lowest BCUT2D eigenvalue weighted by molar-refractivity contribution is -0.138. The first kappa shape index (κ1) is 17.5. The zero-order valence-corrected chi connectivity index (χ0v) is 13.1. The van der Waals surface area contributed by atoms with Crippen LogP contribution in [0.25, 0.3) is 0 Å². The molecule has 0 heterocycles. The van der Waals surface area contributed by atoms with Gasteiger partial charge in [0.1, 0.15) is 0 Å². The van der Waals surface area contributed by atoms with Crippen LogP contribution in [-0.2, 0) is 14.8 Å². The molecule has 7 heteroatoms. The average molecular weight is 314 g/mol. The van der Waals surface area contributed by atoms with Crippen molar-refractivity contribution in [3.05, 3.63) is 24.3 Å². The highest BCUT2D eigenvalue weighted by atomic mass is 32.2.